The van der Waals surface area contributed by atoms with E-state index in [9.17, 15) is 4.39 Å². The fourth-order valence-electron chi connectivity index (χ4n) is 2.38. The largest absolute Gasteiger partial charge is 0.351 e. The number of fused-ring (bicyclic) bond motifs is 1. The van der Waals surface area contributed by atoms with E-state index in [1.165, 1.54) is 12.1 Å². The van der Waals surface area contributed by atoms with Gasteiger partial charge in [-0.3, -0.25) is 0 Å². The summed E-state index contributed by atoms with van der Waals surface area (Å²) in [5.41, 5.74) is 3.53. The highest BCUT2D eigenvalue weighted by Crippen LogP contribution is 2.27. The maximum Gasteiger partial charge on any atom is 0.184 e. The van der Waals surface area contributed by atoms with Gasteiger partial charge in [-0.1, -0.05) is 11.6 Å². The predicted molar refractivity (Wildman–Crippen MR) is 82.0 cm³/mol. The van der Waals surface area contributed by atoms with Crippen LogP contribution < -0.4 is 16.2 Å². The zero-order valence-corrected chi connectivity index (χ0v) is 12.4. The molecule has 0 unspecified atom stereocenters. The molecule has 0 bridgehead atoms. The summed E-state index contributed by atoms with van der Waals surface area (Å²) in [6.45, 7) is 3.50. The molecule has 21 heavy (non-hydrogen) atoms. The average molecular weight is 311 g/mol. The lowest BCUT2D eigenvalue weighted by Crippen LogP contribution is -2.45. The molecular weight excluding hydrogens is 295 g/mol. The van der Waals surface area contributed by atoms with Gasteiger partial charge in [-0.05, 0) is 13.1 Å². The molecule has 2 aromatic rings. The fraction of sp³-hybridized carbons (Fsp3) is 0.385. The fourth-order valence-corrected chi connectivity index (χ4v) is 2.54. The molecule has 0 aliphatic carbocycles. The predicted octanol–water partition coefficient (Wildman–Crippen LogP) is 1.46. The van der Waals surface area contributed by atoms with Gasteiger partial charge in [-0.2, -0.15) is 0 Å². The molecule has 0 saturated carbocycles. The molecule has 3 rings (SSSR count). The first-order valence-corrected chi connectivity index (χ1v) is 7.03. The number of aromatic nitrogens is 2. The molecule has 1 aromatic heterocycles. The standard InChI is InChI=1S/C13H16ClFN6/c1-20-2-4-21(5-3-20)13-12(19-16)17-10-6-8(14)9(15)7-11(10)18-13/h6-7H,2-5,16H2,1H3,(H,17,19). The van der Waals surface area contributed by atoms with Gasteiger partial charge in [0.1, 0.15) is 5.82 Å². The van der Waals surface area contributed by atoms with Crippen molar-refractivity contribution in [2.24, 2.45) is 5.84 Å². The topological polar surface area (TPSA) is 70.3 Å². The van der Waals surface area contributed by atoms with E-state index in [0.29, 0.717) is 22.7 Å². The van der Waals surface area contributed by atoms with Crippen LogP contribution in [-0.4, -0.2) is 48.1 Å². The Morgan fingerprint density at radius 3 is 2.52 bits per heavy atom. The molecule has 1 aliphatic rings. The van der Waals surface area contributed by atoms with Crippen LogP contribution in [0.1, 0.15) is 0 Å². The third-order valence-corrected chi connectivity index (χ3v) is 3.92. The molecule has 112 valence electrons. The second-order valence-corrected chi connectivity index (χ2v) is 5.49. The molecule has 0 atom stereocenters. The molecule has 0 radical (unpaired) electrons. The Morgan fingerprint density at radius 2 is 1.86 bits per heavy atom. The summed E-state index contributed by atoms with van der Waals surface area (Å²) in [4.78, 5) is 13.2. The molecule has 1 aliphatic heterocycles. The Bertz CT molecular complexity index is 671. The summed E-state index contributed by atoms with van der Waals surface area (Å²) < 4.78 is 13.6. The van der Waals surface area contributed by atoms with Crippen LogP contribution in [0.4, 0.5) is 16.0 Å². The van der Waals surface area contributed by atoms with Gasteiger partial charge in [-0.15, -0.1) is 0 Å². The quantitative estimate of drug-likeness (QED) is 0.646. The number of hydrogen-bond donors (Lipinski definition) is 2. The summed E-state index contributed by atoms with van der Waals surface area (Å²) in [7, 11) is 2.07. The first kappa shape index (κ1) is 14.2. The zero-order chi connectivity index (χ0) is 15.0. The summed E-state index contributed by atoms with van der Waals surface area (Å²) in [5.74, 6) is 6.15. The molecule has 6 nitrogen and oxygen atoms in total. The normalized spacial score (nSPS) is 16.5. The third-order valence-electron chi connectivity index (χ3n) is 3.63. The van der Waals surface area contributed by atoms with Crippen molar-refractivity contribution in [3.63, 3.8) is 0 Å². The lowest BCUT2D eigenvalue weighted by atomic mass is 10.2. The zero-order valence-electron chi connectivity index (χ0n) is 11.6. The summed E-state index contributed by atoms with van der Waals surface area (Å²) >= 11 is 5.78. The van der Waals surface area contributed by atoms with Gasteiger partial charge in [0.25, 0.3) is 0 Å². The number of likely N-dealkylation sites (N-methyl/N-ethyl adjacent to an activating group) is 1. The first-order chi connectivity index (χ1) is 10.1. The van der Waals surface area contributed by atoms with Crippen molar-refractivity contribution in [3.8, 4) is 0 Å². The van der Waals surface area contributed by atoms with Gasteiger partial charge in [0.15, 0.2) is 11.6 Å². The number of hydrazine groups is 1. The Labute approximate surface area is 126 Å². The van der Waals surface area contributed by atoms with Crippen LogP contribution in [0.3, 0.4) is 0 Å². The number of rotatable bonds is 2. The number of halogens is 2. The van der Waals surface area contributed by atoms with Crippen LogP contribution in [0.5, 0.6) is 0 Å². The van der Waals surface area contributed by atoms with Gasteiger partial charge in [0, 0.05) is 32.2 Å². The van der Waals surface area contributed by atoms with E-state index in [-0.39, 0.29) is 5.02 Å². The molecular formula is C13H16ClFN6. The van der Waals surface area contributed by atoms with Crippen molar-refractivity contribution in [1.29, 1.82) is 0 Å². The molecule has 2 heterocycles. The van der Waals surface area contributed by atoms with Gasteiger partial charge in [0.2, 0.25) is 0 Å². The van der Waals surface area contributed by atoms with E-state index in [1.54, 1.807) is 0 Å². The number of nitrogen functional groups attached to an aromatic ring is 1. The van der Waals surface area contributed by atoms with Gasteiger partial charge in [0.05, 0.1) is 16.1 Å². The summed E-state index contributed by atoms with van der Waals surface area (Å²) in [5, 5.41) is 0.0205. The van der Waals surface area contributed by atoms with Crippen molar-refractivity contribution >= 4 is 34.3 Å². The molecule has 1 aromatic carbocycles. The van der Waals surface area contributed by atoms with Crippen molar-refractivity contribution in [2.75, 3.05) is 43.6 Å². The number of nitrogens with two attached hydrogens (primary N) is 1. The molecule has 1 saturated heterocycles. The SMILES string of the molecule is CN1CCN(c2nc3cc(F)c(Cl)cc3nc2NN)CC1. The Balaban J connectivity index is 2.06. The van der Waals surface area contributed by atoms with Gasteiger partial charge in [-0.25, -0.2) is 20.2 Å². The number of nitrogens with zero attached hydrogens (tertiary/aromatic N) is 4. The number of piperazine rings is 1. The minimum absolute atomic E-state index is 0.0205. The van der Waals surface area contributed by atoms with Crippen LogP contribution in [0.15, 0.2) is 12.1 Å². The van der Waals surface area contributed by atoms with Crippen LogP contribution >= 0.6 is 11.6 Å². The Hall–Kier alpha value is -1.70. The maximum atomic E-state index is 13.6. The number of hydrogen-bond acceptors (Lipinski definition) is 6. The molecule has 1 fully saturated rings. The van der Waals surface area contributed by atoms with Crippen LogP contribution in [0.25, 0.3) is 11.0 Å². The lowest BCUT2D eigenvalue weighted by molar-refractivity contribution is 0.312. The summed E-state index contributed by atoms with van der Waals surface area (Å²) in [6.07, 6.45) is 0. The maximum absolute atomic E-state index is 13.6. The van der Waals surface area contributed by atoms with Crippen molar-refractivity contribution in [2.45, 2.75) is 0 Å². The molecule has 3 N–H and O–H groups in total. The van der Waals surface area contributed by atoms with E-state index < -0.39 is 5.82 Å². The Morgan fingerprint density at radius 1 is 1.19 bits per heavy atom. The van der Waals surface area contributed by atoms with Gasteiger partial charge >= 0.3 is 0 Å². The van der Waals surface area contributed by atoms with Crippen molar-refractivity contribution in [1.82, 2.24) is 14.9 Å². The Kier molecular flexibility index (Phi) is 3.79. The highest BCUT2D eigenvalue weighted by molar-refractivity contribution is 6.31. The highest BCUT2D eigenvalue weighted by Gasteiger charge is 2.20. The van der Waals surface area contributed by atoms with E-state index in [1.807, 2.05) is 0 Å². The van der Waals surface area contributed by atoms with Crippen molar-refractivity contribution < 1.29 is 4.39 Å². The summed E-state index contributed by atoms with van der Waals surface area (Å²) in [6, 6.07) is 2.75. The minimum atomic E-state index is -0.503. The molecule has 8 heteroatoms. The van der Waals surface area contributed by atoms with E-state index in [4.69, 9.17) is 17.4 Å². The molecule has 0 spiro atoms. The van der Waals surface area contributed by atoms with Gasteiger partial charge < -0.3 is 15.2 Å². The van der Waals surface area contributed by atoms with Crippen LogP contribution in [0.2, 0.25) is 5.02 Å². The average Bonchev–Trinajstić information content (AvgIpc) is 2.48. The number of anilines is 2. The lowest BCUT2D eigenvalue weighted by Gasteiger charge is -2.33. The second kappa shape index (κ2) is 5.59. The molecule has 0 amide bonds. The van der Waals surface area contributed by atoms with Crippen LogP contribution in [0, 0.1) is 5.82 Å². The monoisotopic (exact) mass is 310 g/mol. The number of nitrogens with one attached hydrogen (secondary N) is 1. The van der Waals surface area contributed by atoms with E-state index in [0.717, 1.165) is 26.2 Å². The number of benzene rings is 1. The smallest absolute Gasteiger partial charge is 0.184 e. The second-order valence-electron chi connectivity index (χ2n) is 5.09. The highest BCUT2D eigenvalue weighted by atomic mass is 35.5. The first-order valence-electron chi connectivity index (χ1n) is 6.65. The third kappa shape index (κ3) is 2.72. The minimum Gasteiger partial charge on any atom is -0.351 e. The van der Waals surface area contributed by atoms with Crippen molar-refractivity contribution in [3.05, 3.63) is 23.0 Å². The van der Waals surface area contributed by atoms with Crippen LogP contribution in [-0.2, 0) is 0 Å². The van der Waals surface area contributed by atoms with E-state index in [2.05, 4.69) is 32.2 Å². The van der Waals surface area contributed by atoms with E-state index >= 15 is 0 Å².